The van der Waals surface area contributed by atoms with E-state index in [1.54, 1.807) is 57.7 Å². The molecule has 0 bridgehead atoms. The Bertz CT molecular complexity index is 961. The quantitative estimate of drug-likeness (QED) is 0.623. The Morgan fingerprint density at radius 3 is 2.09 bits per heavy atom. The fourth-order valence-electron chi connectivity index (χ4n) is 3.66. The number of carbonyl (C=O) groups excluding carboxylic acids is 2. The Morgan fingerprint density at radius 1 is 0.906 bits per heavy atom. The number of hydrogen-bond acceptors (Lipinski definition) is 6. The van der Waals surface area contributed by atoms with Crippen LogP contribution in [-0.4, -0.2) is 57.7 Å². The number of hydrogen-bond donors (Lipinski definition) is 2. The minimum absolute atomic E-state index is 0.0411. The third-order valence-electron chi connectivity index (χ3n) is 5.41. The number of likely N-dealkylation sites (tertiary alicyclic amines) is 1. The topological polar surface area (TPSA) is 89.1 Å². The molecule has 2 aromatic rings. The molecule has 2 aromatic carbocycles. The van der Waals surface area contributed by atoms with Crippen molar-refractivity contribution in [3.8, 4) is 17.2 Å². The molecule has 1 aliphatic rings. The molecule has 8 nitrogen and oxygen atoms in total. The minimum atomic E-state index is -0.118. The van der Waals surface area contributed by atoms with E-state index in [4.69, 9.17) is 25.8 Å². The zero-order valence-corrected chi connectivity index (χ0v) is 19.2. The maximum absolute atomic E-state index is 12.6. The summed E-state index contributed by atoms with van der Waals surface area (Å²) in [6.45, 7) is 1.60. The number of nitrogens with zero attached hydrogens (tertiary/aromatic N) is 1. The van der Waals surface area contributed by atoms with Crippen LogP contribution in [0.2, 0.25) is 5.02 Å². The number of benzene rings is 2. The molecule has 1 saturated heterocycles. The van der Waals surface area contributed by atoms with Crippen LogP contribution in [0.1, 0.15) is 12.8 Å². The lowest BCUT2D eigenvalue weighted by molar-refractivity contribution is -0.121. The zero-order valence-electron chi connectivity index (χ0n) is 18.4. The van der Waals surface area contributed by atoms with Crippen LogP contribution in [0, 0.1) is 5.92 Å². The number of carbonyl (C=O) groups is 2. The van der Waals surface area contributed by atoms with E-state index in [-0.39, 0.29) is 24.3 Å². The van der Waals surface area contributed by atoms with E-state index in [0.29, 0.717) is 59.6 Å². The molecule has 1 aliphatic heterocycles. The molecule has 2 N–H and O–H groups in total. The summed E-state index contributed by atoms with van der Waals surface area (Å²) in [7, 11) is 4.65. The van der Waals surface area contributed by atoms with Crippen LogP contribution < -0.4 is 24.8 Å². The Balaban J connectivity index is 1.46. The van der Waals surface area contributed by atoms with Gasteiger partial charge in [0.15, 0.2) is 11.5 Å². The molecular weight excluding hydrogens is 434 g/mol. The van der Waals surface area contributed by atoms with Gasteiger partial charge in [0.1, 0.15) is 5.75 Å². The maximum Gasteiger partial charge on any atom is 0.238 e. The van der Waals surface area contributed by atoms with Gasteiger partial charge in [-0.05, 0) is 56.3 Å². The van der Waals surface area contributed by atoms with Crippen LogP contribution in [0.15, 0.2) is 36.4 Å². The molecule has 9 heteroatoms. The van der Waals surface area contributed by atoms with Crippen molar-refractivity contribution < 1.29 is 23.8 Å². The summed E-state index contributed by atoms with van der Waals surface area (Å²) in [4.78, 5) is 27.1. The lowest BCUT2D eigenvalue weighted by atomic mass is 9.96. The summed E-state index contributed by atoms with van der Waals surface area (Å²) >= 11 is 6.12. The van der Waals surface area contributed by atoms with Crippen LogP contribution in [0.25, 0.3) is 0 Å². The molecule has 3 rings (SSSR count). The molecule has 172 valence electrons. The van der Waals surface area contributed by atoms with Crippen LogP contribution in [0.3, 0.4) is 0 Å². The zero-order chi connectivity index (χ0) is 23.1. The van der Waals surface area contributed by atoms with Gasteiger partial charge in [0.05, 0.1) is 32.9 Å². The highest BCUT2D eigenvalue weighted by Gasteiger charge is 2.26. The van der Waals surface area contributed by atoms with Gasteiger partial charge >= 0.3 is 0 Å². The van der Waals surface area contributed by atoms with Crippen LogP contribution in [0.4, 0.5) is 11.4 Å². The second kappa shape index (κ2) is 11.1. The molecule has 32 heavy (non-hydrogen) atoms. The summed E-state index contributed by atoms with van der Waals surface area (Å²) in [5.74, 6) is 1.44. The van der Waals surface area contributed by atoms with Gasteiger partial charge < -0.3 is 24.8 Å². The van der Waals surface area contributed by atoms with Gasteiger partial charge in [-0.1, -0.05) is 11.6 Å². The second-order valence-corrected chi connectivity index (χ2v) is 7.91. The monoisotopic (exact) mass is 461 g/mol. The number of anilines is 2. The van der Waals surface area contributed by atoms with Crippen molar-refractivity contribution >= 4 is 34.8 Å². The van der Waals surface area contributed by atoms with Crippen molar-refractivity contribution in [3.05, 3.63) is 41.4 Å². The predicted octanol–water partition coefficient (Wildman–Crippen LogP) is 3.66. The third-order valence-corrected chi connectivity index (χ3v) is 5.71. The average Bonchev–Trinajstić information content (AvgIpc) is 2.79. The Hall–Kier alpha value is -2.97. The van der Waals surface area contributed by atoms with E-state index in [1.807, 2.05) is 4.90 Å². The highest BCUT2D eigenvalue weighted by atomic mass is 35.5. The molecule has 1 fully saturated rings. The first kappa shape index (κ1) is 23.7. The fraction of sp³-hybridized carbons (Fsp3) is 0.391. The van der Waals surface area contributed by atoms with Gasteiger partial charge in [-0.25, -0.2) is 0 Å². The maximum atomic E-state index is 12.6. The highest BCUT2D eigenvalue weighted by Crippen LogP contribution is 2.30. The summed E-state index contributed by atoms with van der Waals surface area (Å²) in [5.41, 5.74) is 1.28. The van der Waals surface area contributed by atoms with E-state index >= 15 is 0 Å². The van der Waals surface area contributed by atoms with Crippen LogP contribution in [0.5, 0.6) is 17.2 Å². The normalized spacial score (nSPS) is 14.5. The summed E-state index contributed by atoms with van der Waals surface area (Å²) < 4.78 is 15.6. The first-order chi connectivity index (χ1) is 15.4. The van der Waals surface area contributed by atoms with E-state index in [1.165, 1.54) is 0 Å². The summed E-state index contributed by atoms with van der Waals surface area (Å²) in [5, 5.41) is 6.24. The van der Waals surface area contributed by atoms with Crippen molar-refractivity contribution in [1.82, 2.24) is 4.90 Å². The summed E-state index contributed by atoms with van der Waals surface area (Å²) in [6.07, 6.45) is 1.36. The van der Waals surface area contributed by atoms with Crippen molar-refractivity contribution in [1.29, 1.82) is 0 Å². The van der Waals surface area contributed by atoms with Crippen molar-refractivity contribution in [2.24, 2.45) is 5.92 Å². The molecule has 0 aliphatic carbocycles. The minimum Gasteiger partial charge on any atom is -0.495 e. The molecule has 0 saturated carbocycles. The van der Waals surface area contributed by atoms with Gasteiger partial charge in [-0.2, -0.15) is 0 Å². The van der Waals surface area contributed by atoms with Crippen molar-refractivity contribution in [2.45, 2.75) is 12.8 Å². The van der Waals surface area contributed by atoms with E-state index < -0.39 is 0 Å². The smallest absolute Gasteiger partial charge is 0.238 e. The lowest BCUT2D eigenvalue weighted by Crippen LogP contribution is -2.41. The summed E-state index contributed by atoms with van der Waals surface area (Å²) in [6, 6.07) is 10.4. The molecule has 2 amide bonds. The van der Waals surface area contributed by atoms with Crippen molar-refractivity contribution in [2.75, 3.05) is 51.6 Å². The third kappa shape index (κ3) is 6.05. The van der Waals surface area contributed by atoms with Gasteiger partial charge in [-0.3, -0.25) is 14.5 Å². The predicted molar refractivity (Wildman–Crippen MR) is 124 cm³/mol. The average molecular weight is 462 g/mol. The number of ether oxygens (including phenoxy) is 3. The molecule has 0 spiro atoms. The standard InChI is InChI=1S/C23H28ClN3O5/c1-30-19-6-4-16(12-18(19)24)26-23(29)15-8-10-27(11-9-15)14-22(28)25-17-5-7-20(31-2)21(13-17)32-3/h4-7,12-13,15H,8-11,14H2,1-3H3,(H,25,28)(H,26,29). The number of methoxy groups -OCH3 is 3. The Morgan fingerprint density at radius 2 is 1.50 bits per heavy atom. The van der Waals surface area contributed by atoms with Gasteiger partial charge in [-0.15, -0.1) is 0 Å². The number of rotatable bonds is 8. The molecule has 0 unspecified atom stereocenters. The molecule has 1 heterocycles. The first-order valence-corrected chi connectivity index (χ1v) is 10.7. The largest absolute Gasteiger partial charge is 0.495 e. The van der Waals surface area contributed by atoms with Crippen molar-refractivity contribution in [3.63, 3.8) is 0 Å². The van der Waals surface area contributed by atoms with Gasteiger partial charge in [0.2, 0.25) is 11.8 Å². The SMILES string of the molecule is COc1ccc(NC(=O)C2CCN(CC(=O)Nc3ccc(OC)c(OC)c3)CC2)cc1Cl. The molecule has 0 atom stereocenters. The Kier molecular flexibility index (Phi) is 8.19. The number of nitrogens with one attached hydrogen (secondary N) is 2. The van der Waals surface area contributed by atoms with E-state index in [9.17, 15) is 9.59 Å². The number of piperidine rings is 1. The van der Waals surface area contributed by atoms with Gasteiger partial charge in [0, 0.05) is 23.4 Å². The first-order valence-electron chi connectivity index (χ1n) is 10.3. The molecular formula is C23H28ClN3O5. The second-order valence-electron chi connectivity index (χ2n) is 7.51. The van der Waals surface area contributed by atoms with E-state index in [0.717, 1.165) is 0 Å². The van der Waals surface area contributed by atoms with Crippen LogP contribution in [-0.2, 0) is 9.59 Å². The molecule has 0 radical (unpaired) electrons. The lowest BCUT2D eigenvalue weighted by Gasteiger charge is -2.30. The molecule has 0 aromatic heterocycles. The van der Waals surface area contributed by atoms with Gasteiger partial charge in [0.25, 0.3) is 0 Å². The van der Waals surface area contributed by atoms with Crippen LogP contribution >= 0.6 is 11.6 Å². The highest BCUT2D eigenvalue weighted by molar-refractivity contribution is 6.32. The fourth-order valence-corrected chi connectivity index (χ4v) is 3.92. The van der Waals surface area contributed by atoms with E-state index in [2.05, 4.69) is 10.6 Å². The number of amides is 2. The Labute approximate surface area is 192 Å². The number of halogens is 1.